The minimum absolute atomic E-state index is 0.461. The molecule has 0 amide bonds. The predicted octanol–water partition coefficient (Wildman–Crippen LogP) is 4.53. The first-order valence-electron chi connectivity index (χ1n) is 7.50. The van der Waals surface area contributed by atoms with E-state index < -0.39 is 0 Å². The van der Waals surface area contributed by atoms with Crippen molar-refractivity contribution in [1.82, 2.24) is 0 Å². The van der Waals surface area contributed by atoms with Crippen molar-refractivity contribution in [2.75, 3.05) is 20.0 Å². The highest BCUT2D eigenvalue weighted by Crippen LogP contribution is 2.09. The van der Waals surface area contributed by atoms with E-state index in [2.05, 4.69) is 12.8 Å². The summed E-state index contributed by atoms with van der Waals surface area (Å²) < 4.78 is 10.6. The first kappa shape index (κ1) is 17.5. The smallest absolute Gasteiger partial charge is 0.146 e. The second-order valence-electron chi connectivity index (χ2n) is 4.72. The van der Waals surface area contributed by atoms with Gasteiger partial charge in [-0.25, -0.2) is 0 Å². The summed E-state index contributed by atoms with van der Waals surface area (Å²) in [5.41, 5.74) is 0. The fourth-order valence-corrected chi connectivity index (χ4v) is 1.81. The molecule has 0 aromatic carbocycles. The maximum absolute atomic E-state index is 5.37. The monoisotopic (exact) mass is 254 g/mol. The van der Waals surface area contributed by atoms with Gasteiger partial charge in [0, 0.05) is 19.6 Å². The van der Waals surface area contributed by atoms with E-state index in [1.54, 1.807) is 0 Å². The van der Waals surface area contributed by atoms with Crippen molar-refractivity contribution in [3.63, 3.8) is 0 Å². The fourth-order valence-electron chi connectivity index (χ4n) is 1.81. The Balaban J connectivity index is 2.89. The maximum atomic E-state index is 5.37. The lowest BCUT2D eigenvalue weighted by Gasteiger charge is -2.04. The molecule has 0 heterocycles. The molecule has 106 valence electrons. The van der Waals surface area contributed by atoms with Crippen LogP contribution >= 0.6 is 0 Å². The molecule has 0 saturated heterocycles. The summed E-state index contributed by atoms with van der Waals surface area (Å²) in [6.45, 7) is 4.21. The molecular weight excluding hydrogens is 224 g/mol. The summed E-state index contributed by atoms with van der Waals surface area (Å²) in [5, 5.41) is 0. The van der Waals surface area contributed by atoms with Gasteiger partial charge in [0.1, 0.15) is 6.79 Å². The highest BCUT2D eigenvalue weighted by molar-refractivity contribution is 4.82. The van der Waals surface area contributed by atoms with Gasteiger partial charge in [0.05, 0.1) is 0 Å². The number of hydrogen-bond acceptors (Lipinski definition) is 2. The molecule has 0 bridgehead atoms. The molecule has 0 spiro atoms. The molecule has 0 fully saturated rings. The Labute approximate surface area is 113 Å². The lowest BCUT2D eigenvalue weighted by atomic mass is 10.1. The van der Waals surface area contributed by atoms with Crippen LogP contribution in [-0.2, 0) is 9.47 Å². The highest BCUT2D eigenvalue weighted by Gasteiger charge is 1.93. The second-order valence-corrected chi connectivity index (χ2v) is 4.72. The Bertz CT molecular complexity index is 184. The Morgan fingerprint density at radius 1 is 0.778 bits per heavy atom. The van der Waals surface area contributed by atoms with Crippen molar-refractivity contribution in [3.05, 3.63) is 0 Å². The Hall–Kier alpha value is -0.520. The number of rotatable bonds is 14. The first-order chi connectivity index (χ1) is 8.91. The van der Waals surface area contributed by atoms with Crippen molar-refractivity contribution in [2.45, 2.75) is 71.1 Å². The summed E-state index contributed by atoms with van der Waals surface area (Å²) >= 11 is 0. The summed E-state index contributed by atoms with van der Waals surface area (Å²) in [6.07, 6.45) is 17.5. The van der Waals surface area contributed by atoms with Gasteiger partial charge in [0.25, 0.3) is 0 Å². The van der Waals surface area contributed by atoms with Crippen molar-refractivity contribution in [2.24, 2.45) is 0 Å². The molecule has 0 rings (SSSR count). The van der Waals surface area contributed by atoms with Crippen LogP contribution in [0.15, 0.2) is 0 Å². The molecule has 0 aliphatic carbocycles. The van der Waals surface area contributed by atoms with Gasteiger partial charge in [0.2, 0.25) is 0 Å². The molecule has 0 unspecified atom stereocenters. The number of terminal acetylenes is 1. The zero-order valence-corrected chi connectivity index (χ0v) is 12.1. The van der Waals surface area contributed by atoms with Crippen LogP contribution in [0.5, 0.6) is 0 Å². The van der Waals surface area contributed by atoms with Gasteiger partial charge in [-0.05, 0) is 19.3 Å². The van der Waals surface area contributed by atoms with Crippen molar-refractivity contribution >= 4 is 0 Å². The minimum Gasteiger partial charge on any atom is -0.355 e. The average molecular weight is 254 g/mol. The third kappa shape index (κ3) is 15.5. The molecule has 0 aromatic rings. The van der Waals surface area contributed by atoms with Crippen molar-refractivity contribution < 1.29 is 9.47 Å². The van der Waals surface area contributed by atoms with E-state index in [0.29, 0.717) is 6.79 Å². The Morgan fingerprint density at radius 3 is 1.94 bits per heavy atom. The lowest BCUT2D eigenvalue weighted by molar-refractivity contribution is -0.0543. The third-order valence-electron chi connectivity index (χ3n) is 2.87. The maximum Gasteiger partial charge on any atom is 0.146 e. The minimum atomic E-state index is 0.461. The zero-order chi connectivity index (χ0) is 13.3. The van der Waals surface area contributed by atoms with Gasteiger partial charge in [-0.1, -0.05) is 45.4 Å². The molecule has 18 heavy (non-hydrogen) atoms. The summed E-state index contributed by atoms with van der Waals surface area (Å²) in [4.78, 5) is 0. The predicted molar refractivity (Wildman–Crippen MR) is 77.4 cm³/mol. The lowest BCUT2D eigenvalue weighted by Crippen LogP contribution is -2.02. The SMILES string of the molecule is C#CCCCCCCCCCCOCOCCC. The van der Waals surface area contributed by atoms with Crippen LogP contribution in [0.4, 0.5) is 0 Å². The van der Waals surface area contributed by atoms with E-state index in [4.69, 9.17) is 15.9 Å². The average Bonchev–Trinajstić information content (AvgIpc) is 2.39. The van der Waals surface area contributed by atoms with E-state index in [1.807, 2.05) is 0 Å². The van der Waals surface area contributed by atoms with Gasteiger partial charge >= 0.3 is 0 Å². The van der Waals surface area contributed by atoms with Gasteiger partial charge in [-0.15, -0.1) is 12.3 Å². The molecule has 2 nitrogen and oxygen atoms in total. The van der Waals surface area contributed by atoms with Crippen LogP contribution in [0.1, 0.15) is 71.1 Å². The van der Waals surface area contributed by atoms with E-state index >= 15 is 0 Å². The fraction of sp³-hybridized carbons (Fsp3) is 0.875. The third-order valence-corrected chi connectivity index (χ3v) is 2.87. The van der Waals surface area contributed by atoms with Crippen molar-refractivity contribution in [1.29, 1.82) is 0 Å². The summed E-state index contributed by atoms with van der Waals surface area (Å²) in [6, 6.07) is 0. The van der Waals surface area contributed by atoms with Crippen LogP contribution in [0.2, 0.25) is 0 Å². The van der Waals surface area contributed by atoms with Crippen LogP contribution < -0.4 is 0 Å². The molecule has 0 saturated carbocycles. The summed E-state index contributed by atoms with van der Waals surface area (Å²) in [7, 11) is 0. The van der Waals surface area contributed by atoms with Gasteiger partial charge in [0.15, 0.2) is 0 Å². The number of hydrogen-bond donors (Lipinski definition) is 0. The molecule has 0 N–H and O–H groups in total. The largest absolute Gasteiger partial charge is 0.355 e. The van der Waals surface area contributed by atoms with E-state index in [1.165, 1.54) is 44.9 Å². The van der Waals surface area contributed by atoms with Crippen LogP contribution in [0, 0.1) is 12.3 Å². The molecule has 0 atom stereocenters. The Morgan fingerprint density at radius 2 is 1.33 bits per heavy atom. The topological polar surface area (TPSA) is 18.5 Å². The molecular formula is C16H30O2. The van der Waals surface area contributed by atoms with Gasteiger partial charge in [-0.3, -0.25) is 0 Å². The molecule has 0 aromatic heterocycles. The van der Waals surface area contributed by atoms with E-state index in [0.717, 1.165) is 32.5 Å². The van der Waals surface area contributed by atoms with E-state index in [-0.39, 0.29) is 0 Å². The normalized spacial score (nSPS) is 10.4. The number of unbranched alkanes of at least 4 members (excludes halogenated alkanes) is 8. The highest BCUT2D eigenvalue weighted by atomic mass is 16.7. The quantitative estimate of drug-likeness (QED) is 0.257. The van der Waals surface area contributed by atoms with Crippen LogP contribution in [0.3, 0.4) is 0 Å². The van der Waals surface area contributed by atoms with Crippen LogP contribution in [-0.4, -0.2) is 20.0 Å². The second kappa shape index (κ2) is 16.5. The zero-order valence-electron chi connectivity index (χ0n) is 12.1. The molecule has 0 aliphatic rings. The molecule has 0 aliphatic heterocycles. The molecule has 2 heteroatoms. The van der Waals surface area contributed by atoms with Gasteiger partial charge in [-0.2, -0.15) is 0 Å². The standard InChI is InChI=1S/C16H30O2/c1-3-5-6-7-8-9-10-11-12-13-15-18-16-17-14-4-2/h1H,4-16H2,2H3. The first-order valence-corrected chi connectivity index (χ1v) is 7.50. The van der Waals surface area contributed by atoms with Crippen LogP contribution in [0.25, 0.3) is 0 Å². The molecule has 0 radical (unpaired) electrons. The summed E-state index contributed by atoms with van der Waals surface area (Å²) in [5.74, 6) is 2.69. The van der Waals surface area contributed by atoms with E-state index in [9.17, 15) is 0 Å². The van der Waals surface area contributed by atoms with Crippen molar-refractivity contribution in [3.8, 4) is 12.3 Å². The van der Waals surface area contributed by atoms with Gasteiger partial charge < -0.3 is 9.47 Å². The Kier molecular flexibility index (Phi) is 16.0. The number of ether oxygens (including phenoxy) is 2.